The lowest BCUT2D eigenvalue weighted by atomic mass is 10.2. The monoisotopic (exact) mass is 182 g/mol. The summed E-state index contributed by atoms with van der Waals surface area (Å²) < 4.78 is 0. The number of nitrogens with one attached hydrogen (secondary N) is 1. The highest BCUT2D eigenvalue weighted by molar-refractivity contribution is 5.75. The van der Waals surface area contributed by atoms with Crippen LogP contribution in [0.5, 0.6) is 0 Å². The van der Waals surface area contributed by atoms with Crippen molar-refractivity contribution >= 4 is 6.03 Å². The predicted molar refractivity (Wildman–Crippen MR) is 51.6 cm³/mol. The molecule has 1 N–H and O–H groups in total. The maximum absolute atomic E-state index is 11.6. The fourth-order valence-electron chi connectivity index (χ4n) is 2.29. The molecule has 2 aliphatic carbocycles. The van der Waals surface area contributed by atoms with Crippen molar-refractivity contribution in [2.45, 2.75) is 50.6 Å². The van der Waals surface area contributed by atoms with Crippen LogP contribution in [0.2, 0.25) is 0 Å². The van der Waals surface area contributed by atoms with Gasteiger partial charge < -0.3 is 10.2 Å². The molecule has 3 nitrogen and oxygen atoms in total. The Kier molecular flexibility index (Phi) is 2.42. The number of hydrogen-bond donors (Lipinski definition) is 1. The summed E-state index contributed by atoms with van der Waals surface area (Å²) in [5.74, 6) is 0. The highest BCUT2D eigenvalue weighted by Crippen LogP contribution is 2.34. The van der Waals surface area contributed by atoms with E-state index in [2.05, 4.69) is 10.2 Å². The second kappa shape index (κ2) is 3.56. The van der Waals surface area contributed by atoms with E-state index in [4.69, 9.17) is 0 Å². The number of carbonyl (C=O) groups is 1. The zero-order valence-corrected chi connectivity index (χ0v) is 8.25. The molecule has 0 aromatic heterocycles. The molecule has 0 aromatic carbocycles. The molecule has 74 valence electrons. The van der Waals surface area contributed by atoms with E-state index in [1.165, 1.54) is 38.5 Å². The van der Waals surface area contributed by atoms with Gasteiger partial charge in [-0.05, 0) is 25.7 Å². The van der Waals surface area contributed by atoms with E-state index in [0.717, 1.165) is 0 Å². The van der Waals surface area contributed by atoms with Gasteiger partial charge >= 0.3 is 6.03 Å². The van der Waals surface area contributed by atoms with E-state index in [-0.39, 0.29) is 6.03 Å². The molecule has 0 bridgehead atoms. The molecule has 0 saturated heterocycles. The van der Waals surface area contributed by atoms with Crippen molar-refractivity contribution in [3.8, 4) is 0 Å². The topological polar surface area (TPSA) is 32.3 Å². The summed E-state index contributed by atoms with van der Waals surface area (Å²) in [5.41, 5.74) is 0. The van der Waals surface area contributed by atoms with Crippen LogP contribution in [-0.2, 0) is 0 Å². The van der Waals surface area contributed by atoms with Crippen molar-refractivity contribution < 1.29 is 4.79 Å². The molecule has 0 spiro atoms. The summed E-state index contributed by atoms with van der Waals surface area (Å²) in [6.45, 7) is 0. The summed E-state index contributed by atoms with van der Waals surface area (Å²) in [7, 11) is 1.73. The van der Waals surface area contributed by atoms with Gasteiger partial charge in [-0.15, -0.1) is 0 Å². The second-order valence-electron chi connectivity index (χ2n) is 4.13. The molecular formula is C10H18N2O. The molecule has 0 aliphatic heterocycles. The molecule has 2 rings (SSSR count). The van der Waals surface area contributed by atoms with Crippen LogP contribution in [0.3, 0.4) is 0 Å². The number of rotatable bonds is 2. The van der Waals surface area contributed by atoms with Gasteiger partial charge in [0.15, 0.2) is 0 Å². The lowest BCUT2D eigenvalue weighted by molar-refractivity contribution is 0.173. The molecule has 0 aromatic rings. The van der Waals surface area contributed by atoms with Gasteiger partial charge in [0.25, 0.3) is 0 Å². The van der Waals surface area contributed by atoms with Crippen molar-refractivity contribution in [1.82, 2.24) is 10.2 Å². The third kappa shape index (κ3) is 1.79. The first-order valence-corrected chi connectivity index (χ1v) is 5.33. The lowest BCUT2D eigenvalue weighted by Gasteiger charge is -2.28. The highest BCUT2D eigenvalue weighted by atomic mass is 16.2. The Morgan fingerprint density at radius 3 is 2.15 bits per heavy atom. The average molecular weight is 182 g/mol. The van der Waals surface area contributed by atoms with Gasteiger partial charge in [-0.3, -0.25) is 0 Å². The Labute approximate surface area is 79.5 Å². The van der Waals surface area contributed by atoms with Crippen LogP contribution in [0.4, 0.5) is 4.79 Å². The van der Waals surface area contributed by atoms with Crippen LogP contribution in [-0.4, -0.2) is 30.1 Å². The van der Waals surface area contributed by atoms with Crippen molar-refractivity contribution in [3.05, 3.63) is 0 Å². The molecule has 2 saturated carbocycles. The van der Waals surface area contributed by atoms with Gasteiger partial charge in [-0.1, -0.05) is 12.8 Å². The summed E-state index contributed by atoms with van der Waals surface area (Å²) in [6, 6.07) is 1.23. The molecule has 0 radical (unpaired) electrons. The van der Waals surface area contributed by atoms with Gasteiger partial charge in [-0.2, -0.15) is 0 Å². The lowest BCUT2D eigenvalue weighted by Crippen LogP contribution is -2.45. The number of urea groups is 1. The molecule has 2 amide bonds. The van der Waals surface area contributed by atoms with Crippen molar-refractivity contribution in [1.29, 1.82) is 0 Å². The number of hydrogen-bond acceptors (Lipinski definition) is 1. The molecule has 2 fully saturated rings. The van der Waals surface area contributed by atoms with E-state index in [0.29, 0.717) is 12.1 Å². The summed E-state index contributed by atoms with van der Waals surface area (Å²) in [5, 5.41) is 2.75. The minimum absolute atomic E-state index is 0.134. The highest BCUT2D eigenvalue weighted by Gasteiger charge is 2.37. The number of amides is 2. The molecular weight excluding hydrogens is 164 g/mol. The molecule has 0 atom stereocenters. The largest absolute Gasteiger partial charge is 0.341 e. The van der Waals surface area contributed by atoms with Gasteiger partial charge in [-0.25, -0.2) is 4.79 Å². The van der Waals surface area contributed by atoms with Crippen LogP contribution in [0, 0.1) is 0 Å². The van der Waals surface area contributed by atoms with Crippen LogP contribution >= 0.6 is 0 Å². The quantitative estimate of drug-likeness (QED) is 0.693. The van der Waals surface area contributed by atoms with Crippen LogP contribution in [0.15, 0.2) is 0 Å². The third-order valence-electron chi connectivity index (χ3n) is 3.11. The minimum Gasteiger partial charge on any atom is -0.341 e. The first kappa shape index (κ1) is 8.85. The van der Waals surface area contributed by atoms with Crippen LogP contribution in [0.1, 0.15) is 38.5 Å². The molecule has 13 heavy (non-hydrogen) atoms. The maximum atomic E-state index is 11.6. The predicted octanol–water partition coefficient (Wildman–Crippen LogP) is 1.73. The summed E-state index contributed by atoms with van der Waals surface area (Å²) >= 11 is 0. The standard InChI is InChI=1S/C10H18N2O/c1-11-10(13)12(9-6-7-9)8-4-2-3-5-8/h8-9H,2-7H2,1H3,(H,11,13). The van der Waals surface area contributed by atoms with E-state index in [9.17, 15) is 4.79 Å². The fraction of sp³-hybridized carbons (Fsp3) is 0.900. The number of nitrogens with zero attached hydrogens (tertiary/aromatic N) is 1. The Morgan fingerprint density at radius 2 is 1.69 bits per heavy atom. The molecule has 0 unspecified atom stereocenters. The summed E-state index contributed by atoms with van der Waals surface area (Å²) in [6.07, 6.45) is 7.44. The van der Waals surface area contributed by atoms with Gasteiger partial charge in [0.05, 0.1) is 0 Å². The van der Waals surface area contributed by atoms with Crippen LogP contribution in [0.25, 0.3) is 0 Å². The molecule has 0 heterocycles. The van der Waals surface area contributed by atoms with E-state index >= 15 is 0 Å². The fourth-order valence-corrected chi connectivity index (χ4v) is 2.29. The normalized spacial score (nSPS) is 23.2. The van der Waals surface area contributed by atoms with Crippen molar-refractivity contribution in [3.63, 3.8) is 0 Å². The SMILES string of the molecule is CNC(=O)N(C1CCCC1)C1CC1. The van der Waals surface area contributed by atoms with Crippen molar-refractivity contribution in [2.24, 2.45) is 0 Å². The minimum atomic E-state index is 0.134. The van der Waals surface area contributed by atoms with Gasteiger partial charge in [0.2, 0.25) is 0 Å². The van der Waals surface area contributed by atoms with E-state index in [1.807, 2.05) is 0 Å². The molecule has 2 aliphatic rings. The first-order chi connectivity index (χ1) is 6.33. The van der Waals surface area contributed by atoms with E-state index in [1.54, 1.807) is 7.05 Å². The Bertz CT molecular complexity index is 195. The van der Waals surface area contributed by atoms with Gasteiger partial charge in [0.1, 0.15) is 0 Å². The Balaban J connectivity index is 1.99. The van der Waals surface area contributed by atoms with Gasteiger partial charge in [0, 0.05) is 19.1 Å². The Hall–Kier alpha value is -0.730. The zero-order valence-electron chi connectivity index (χ0n) is 8.25. The van der Waals surface area contributed by atoms with Crippen LogP contribution < -0.4 is 5.32 Å². The third-order valence-corrected chi connectivity index (χ3v) is 3.11. The van der Waals surface area contributed by atoms with E-state index < -0.39 is 0 Å². The second-order valence-corrected chi connectivity index (χ2v) is 4.13. The average Bonchev–Trinajstić information content (AvgIpc) is 2.81. The zero-order chi connectivity index (χ0) is 9.26. The maximum Gasteiger partial charge on any atom is 0.317 e. The Morgan fingerprint density at radius 1 is 1.15 bits per heavy atom. The smallest absolute Gasteiger partial charge is 0.317 e. The molecule has 3 heteroatoms. The van der Waals surface area contributed by atoms with Crippen molar-refractivity contribution in [2.75, 3.05) is 7.05 Å². The first-order valence-electron chi connectivity index (χ1n) is 5.33. The summed E-state index contributed by atoms with van der Waals surface area (Å²) in [4.78, 5) is 13.7. The number of carbonyl (C=O) groups excluding carboxylic acids is 1.